The smallest absolute Gasteiger partial charge is 0.138 e. The maximum atomic E-state index is 12.0. The van der Waals surface area contributed by atoms with Gasteiger partial charge in [-0.1, -0.05) is 18.2 Å². The van der Waals surface area contributed by atoms with E-state index in [2.05, 4.69) is 6.07 Å². The van der Waals surface area contributed by atoms with Gasteiger partial charge in [0.2, 0.25) is 0 Å². The van der Waals surface area contributed by atoms with E-state index < -0.39 is 0 Å². The van der Waals surface area contributed by atoms with E-state index in [0.29, 0.717) is 12.8 Å². The van der Waals surface area contributed by atoms with Gasteiger partial charge in [0.1, 0.15) is 17.3 Å². The number of hydrogen-bond donors (Lipinski definition) is 0. The van der Waals surface area contributed by atoms with E-state index in [1.165, 1.54) is 5.56 Å². The summed E-state index contributed by atoms with van der Waals surface area (Å²) in [4.78, 5) is 12.0. The van der Waals surface area contributed by atoms with Crippen LogP contribution >= 0.6 is 0 Å². The Labute approximate surface area is 124 Å². The predicted molar refractivity (Wildman–Crippen MR) is 81.2 cm³/mol. The number of ketones is 1. The Kier molecular flexibility index (Phi) is 3.65. The SMILES string of the molecule is COc1ccc(C2CC(=O)Cc3ccc(OC)cc32)cc1. The summed E-state index contributed by atoms with van der Waals surface area (Å²) in [5.41, 5.74) is 3.44. The zero-order chi connectivity index (χ0) is 14.8. The van der Waals surface area contributed by atoms with Gasteiger partial charge in [-0.25, -0.2) is 0 Å². The van der Waals surface area contributed by atoms with E-state index in [4.69, 9.17) is 9.47 Å². The molecule has 108 valence electrons. The zero-order valence-corrected chi connectivity index (χ0v) is 12.3. The average Bonchev–Trinajstić information content (AvgIpc) is 2.53. The van der Waals surface area contributed by atoms with E-state index in [9.17, 15) is 4.79 Å². The van der Waals surface area contributed by atoms with Crippen LogP contribution in [0.1, 0.15) is 29.0 Å². The molecule has 0 aromatic heterocycles. The molecule has 3 rings (SSSR count). The third-order valence-electron chi connectivity index (χ3n) is 4.07. The van der Waals surface area contributed by atoms with Crippen LogP contribution in [0.5, 0.6) is 11.5 Å². The Morgan fingerprint density at radius 1 is 0.952 bits per heavy atom. The van der Waals surface area contributed by atoms with Crippen molar-refractivity contribution in [2.24, 2.45) is 0 Å². The molecule has 3 nitrogen and oxygen atoms in total. The van der Waals surface area contributed by atoms with Crippen molar-refractivity contribution >= 4 is 5.78 Å². The van der Waals surface area contributed by atoms with Crippen LogP contribution in [0.25, 0.3) is 0 Å². The minimum atomic E-state index is 0.0993. The highest BCUT2D eigenvalue weighted by atomic mass is 16.5. The number of carbonyl (C=O) groups is 1. The second kappa shape index (κ2) is 5.60. The zero-order valence-electron chi connectivity index (χ0n) is 12.3. The number of fused-ring (bicyclic) bond motifs is 1. The molecule has 0 saturated heterocycles. The minimum Gasteiger partial charge on any atom is -0.497 e. The van der Waals surface area contributed by atoms with Gasteiger partial charge >= 0.3 is 0 Å². The van der Waals surface area contributed by atoms with Crippen LogP contribution in [0.15, 0.2) is 42.5 Å². The van der Waals surface area contributed by atoms with Crippen LogP contribution in [0.3, 0.4) is 0 Å². The molecule has 0 radical (unpaired) electrons. The second-order valence-electron chi connectivity index (χ2n) is 5.31. The van der Waals surface area contributed by atoms with Crippen LogP contribution in [-0.2, 0) is 11.2 Å². The van der Waals surface area contributed by atoms with E-state index in [1.54, 1.807) is 14.2 Å². The van der Waals surface area contributed by atoms with Gasteiger partial charge in [-0.05, 0) is 41.0 Å². The summed E-state index contributed by atoms with van der Waals surface area (Å²) < 4.78 is 10.5. The third kappa shape index (κ3) is 2.64. The Bertz CT molecular complexity index is 659. The number of benzene rings is 2. The molecule has 0 heterocycles. The number of rotatable bonds is 3. The summed E-state index contributed by atoms with van der Waals surface area (Å²) in [7, 11) is 3.32. The summed E-state index contributed by atoms with van der Waals surface area (Å²) in [5, 5.41) is 0. The molecule has 2 aromatic carbocycles. The first-order valence-corrected chi connectivity index (χ1v) is 7.03. The van der Waals surface area contributed by atoms with Crippen molar-refractivity contribution < 1.29 is 14.3 Å². The second-order valence-corrected chi connectivity index (χ2v) is 5.31. The van der Waals surface area contributed by atoms with Crippen molar-refractivity contribution in [1.82, 2.24) is 0 Å². The molecule has 2 aromatic rings. The molecule has 0 saturated carbocycles. The summed E-state index contributed by atoms with van der Waals surface area (Å²) in [6.45, 7) is 0. The molecule has 1 aliphatic rings. The Hall–Kier alpha value is -2.29. The van der Waals surface area contributed by atoms with E-state index in [1.807, 2.05) is 36.4 Å². The van der Waals surface area contributed by atoms with Gasteiger partial charge in [-0.15, -0.1) is 0 Å². The number of Topliss-reactive ketones (excluding diaryl/α,β-unsaturated/α-hetero) is 1. The van der Waals surface area contributed by atoms with Crippen LogP contribution in [0, 0.1) is 0 Å². The van der Waals surface area contributed by atoms with Crippen LogP contribution in [0.2, 0.25) is 0 Å². The van der Waals surface area contributed by atoms with Crippen molar-refractivity contribution in [2.75, 3.05) is 14.2 Å². The molecular formula is C18H18O3. The summed E-state index contributed by atoms with van der Waals surface area (Å²) in [6, 6.07) is 13.9. The Morgan fingerprint density at radius 3 is 2.29 bits per heavy atom. The van der Waals surface area contributed by atoms with Crippen LogP contribution in [0.4, 0.5) is 0 Å². The number of ether oxygens (including phenoxy) is 2. The molecule has 0 N–H and O–H groups in total. The van der Waals surface area contributed by atoms with Gasteiger partial charge in [0.05, 0.1) is 14.2 Å². The molecule has 21 heavy (non-hydrogen) atoms. The van der Waals surface area contributed by atoms with Gasteiger partial charge in [-0.2, -0.15) is 0 Å². The van der Waals surface area contributed by atoms with Crippen molar-refractivity contribution in [3.63, 3.8) is 0 Å². The number of hydrogen-bond acceptors (Lipinski definition) is 3. The molecule has 1 unspecified atom stereocenters. The standard InChI is InChI=1S/C18H18O3/c1-20-15-6-3-12(4-7-15)17-10-14(19)9-13-5-8-16(21-2)11-18(13)17/h3-8,11,17H,9-10H2,1-2H3. The van der Waals surface area contributed by atoms with Gasteiger partial charge < -0.3 is 9.47 Å². The van der Waals surface area contributed by atoms with E-state index in [0.717, 1.165) is 22.6 Å². The maximum Gasteiger partial charge on any atom is 0.138 e. The topological polar surface area (TPSA) is 35.5 Å². The van der Waals surface area contributed by atoms with E-state index >= 15 is 0 Å². The van der Waals surface area contributed by atoms with Gasteiger partial charge in [0.15, 0.2) is 0 Å². The molecule has 3 heteroatoms. The number of carbonyl (C=O) groups excluding carboxylic acids is 1. The van der Waals surface area contributed by atoms with Crippen LogP contribution < -0.4 is 9.47 Å². The highest BCUT2D eigenvalue weighted by Gasteiger charge is 2.27. The van der Waals surface area contributed by atoms with Crippen molar-refractivity contribution in [3.05, 3.63) is 59.2 Å². The molecule has 0 fully saturated rings. The minimum absolute atomic E-state index is 0.0993. The normalized spacial score (nSPS) is 17.2. The fraction of sp³-hybridized carbons (Fsp3) is 0.278. The quantitative estimate of drug-likeness (QED) is 0.866. The van der Waals surface area contributed by atoms with E-state index in [-0.39, 0.29) is 11.7 Å². The Balaban J connectivity index is 2.04. The molecule has 0 bridgehead atoms. The highest BCUT2D eigenvalue weighted by Crippen LogP contribution is 2.37. The fourth-order valence-corrected chi connectivity index (χ4v) is 2.94. The van der Waals surface area contributed by atoms with Crippen molar-refractivity contribution in [1.29, 1.82) is 0 Å². The fourth-order valence-electron chi connectivity index (χ4n) is 2.94. The summed E-state index contributed by atoms with van der Waals surface area (Å²) >= 11 is 0. The van der Waals surface area contributed by atoms with Crippen LogP contribution in [-0.4, -0.2) is 20.0 Å². The Morgan fingerprint density at radius 2 is 1.62 bits per heavy atom. The third-order valence-corrected chi connectivity index (χ3v) is 4.07. The summed E-state index contributed by atoms with van der Waals surface area (Å²) in [5.74, 6) is 2.05. The molecular weight excluding hydrogens is 264 g/mol. The first kappa shape index (κ1) is 13.7. The lowest BCUT2D eigenvalue weighted by Gasteiger charge is -2.25. The summed E-state index contributed by atoms with van der Waals surface area (Å²) in [6.07, 6.45) is 1.07. The van der Waals surface area contributed by atoms with Gasteiger partial charge in [-0.3, -0.25) is 4.79 Å². The lowest BCUT2D eigenvalue weighted by molar-refractivity contribution is -0.119. The largest absolute Gasteiger partial charge is 0.497 e. The lowest BCUT2D eigenvalue weighted by atomic mass is 9.78. The lowest BCUT2D eigenvalue weighted by Crippen LogP contribution is -2.19. The first-order chi connectivity index (χ1) is 10.2. The molecule has 0 amide bonds. The first-order valence-electron chi connectivity index (χ1n) is 7.03. The van der Waals surface area contributed by atoms with Crippen molar-refractivity contribution in [3.8, 4) is 11.5 Å². The monoisotopic (exact) mass is 282 g/mol. The van der Waals surface area contributed by atoms with Gasteiger partial charge in [0, 0.05) is 18.8 Å². The molecule has 1 aliphatic carbocycles. The molecule has 0 spiro atoms. The molecule has 0 aliphatic heterocycles. The average molecular weight is 282 g/mol. The van der Waals surface area contributed by atoms with Gasteiger partial charge in [0.25, 0.3) is 0 Å². The predicted octanol–water partition coefficient (Wildman–Crippen LogP) is 3.35. The highest BCUT2D eigenvalue weighted by molar-refractivity contribution is 5.85. The maximum absolute atomic E-state index is 12.0. The molecule has 1 atom stereocenters. The van der Waals surface area contributed by atoms with Crippen molar-refractivity contribution in [2.45, 2.75) is 18.8 Å². The number of methoxy groups -OCH3 is 2.